The van der Waals surface area contributed by atoms with Crippen molar-refractivity contribution in [2.24, 2.45) is 0 Å². The lowest BCUT2D eigenvalue weighted by Crippen LogP contribution is -2.26. The fourth-order valence-corrected chi connectivity index (χ4v) is 10.1. The molecule has 0 saturated heterocycles. The van der Waals surface area contributed by atoms with Crippen LogP contribution in [0.3, 0.4) is 0 Å². The lowest BCUT2D eigenvalue weighted by Gasteiger charge is -2.33. The molecule has 1 unspecified atom stereocenters. The SMILES string of the molecule is [2H]c1c([2H])c([2H])c(N(c2ccccc2)c2ccc3c(c2)C2(c4ccccc4-c4ccc(N(c5cccc(-c6ccccc6)c5)c5ccccc5-c5ccccc5)cc42)c2ccccc2-3)c([2H])c1[2H]. The van der Waals surface area contributed by atoms with Crippen LogP contribution in [0, 0.1) is 0 Å². The highest BCUT2D eigenvalue weighted by Crippen LogP contribution is 2.64. The summed E-state index contributed by atoms with van der Waals surface area (Å²) in [5.41, 5.74) is 17.2. The summed E-state index contributed by atoms with van der Waals surface area (Å²) in [6, 6.07) is 76.9. The first kappa shape index (κ1) is 31.6. The number of anilines is 6. The Kier molecular flexibility index (Phi) is 7.56. The van der Waals surface area contributed by atoms with Gasteiger partial charge < -0.3 is 9.80 Å². The average molecular weight is 808 g/mol. The highest BCUT2D eigenvalue weighted by Gasteiger charge is 2.52. The molecule has 2 nitrogen and oxygen atoms in total. The van der Waals surface area contributed by atoms with Gasteiger partial charge in [-0.1, -0.05) is 188 Å². The van der Waals surface area contributed by atoms with Gasteiger partial charge in [0.15, 0.2) is 0 Å². The van der Waals surface area contributed by atoms with Crippen LogP contribution in [0.15, 0.2) is 255 Å². The van der Waals surface area contributed by atoms with Crippen molar-refractivity contribution < 1.29 is 6.85 Å². The van der Waals surface area contributed by atoms with Crippen LogP contribution in [0.25, 0.3) is 44.5 Å². The summed E-state index contributed by atoms with van der Waals surface area (Å²) in [5.74, 6) is 0. The molecule has 2 aliphatic rings. The van der Waals surface area contributed by atoms with Gasteiger partial charge in [-0.15, -0.1) is 0 Å². The topological polar surface area (TPSA) is 6.48 Å². The molecule has 2 heteroatoms. The van der Waals surface area contributed by atoms with Crippen LogP contribution in [0.5, 0.6) is 0 Å². The third-order valence-corrected chi connectivity index (χ3v) is 12.7. The molecular formula is C61H42N2. The molecule has 2 aliphatic carbocycles. The predicted octanol–water partition coefficient (Wildman–Crippen LogP) is 16.3. The van der Waals surface area contributed by atoms with Crippen LogP contribution in [0.1, 0.15) is 29.1 Å². The van der Waals surface area contributed by atoms with Gasteiger partial charge in [0.2, 0.25) is 0 Å². The molecule has 0 saturated carbocycles. The largest absolute Gasteiger partial charge is 0.310 e. The molecule has 0 bridgehead atoms. The quantitative estimate of drug-likeness (QED) is 0.151. The maximum absolute atomic E-state index is 9.20. The number of rotatable bonds is 8. The van der Waals surface area contributed by atoms with Gasteiger partial charge in [-0.25, -0.2) is 0 Å². The van der Waals surface area contributed by atoms with Crippen LogP contribution in [-0.2, 0) is 5.41 Å². The molecule has 0 N–H and O–H groups in total. The van der Waals surface area contributed by atoms with E-state index in [1.54, 1.807) is 0 Å². The zero-order chi connectivity index (χ0) is 46.1. The van der Waals surface area contributed by atoms with E-state index in [0.29, 0.717) is 11.4 Å². The number of hydrogen-bond acceptors (Lipinski definition) is 2. The van der Waals surface area contributed by atoms with Crippen molar-refractivity contribution in [2.75, 3.05) is 9.80 Å². The first-order chi connectivity index (χ1) is 33.3. The zero-order valence-corrected chi connectivity index (χ0v) is 34.3. The van der Waals surface area contributed by atoms with Crippen molar-refractivity contribution in [3.05, 3.63) is 277 Å². The van der Waals surface area contributed by atoms with E-state index in [4.69, 9.17) is 4.11 Å². The summed E-state index contributed by atoms with van der Waals surface area (Å²) in [6.45, 7) is 0. The Morgan fingerprint density at radius 3 is 1.38 bits per heavy atom. The number of nitrogens with zero attached hydrogens (tertiary/aromatic N) is 2. The van der Waals surface area contributed by atoms with E-state index in [1.165, 1.54) is 0 Å². The van der Waals surface area contributed by atoms with Crippen LogP contribution < -0.4 is 9.80 Å². The summed E-state index contributed by atoms with van der Waals surface area (Å²) < 4.78 is 44.3. The molecule has 0 aromatic heterocycles. The smallest absolute Gasteiger partial charge is 0.0727 e. The Bertz CT molecular complexity index is 3550. The van der Waals surface area contributed by atoms with Crippen LogP contribution in [0.2, 0.25) is 0 Å². The van der Waals surface area contributed by atoms with E-state index in [9.17, 15) is 2.74 Å². The van der Waals surface area contributed by atoms with Gasteiger partial charge in [-0.3, -0.25) is 0 Å². The summed E-state index contributed by atoms with van der Waals surface area (Å²) in [5, 5.41) is 0. The maximum atomic E-state index is 9.20. The molecule has 1 atom stereocenters. The second kappa shape index (κ2) is 15.1. The second-order valence-electron chi connectivity index (χ2n) is 16.1. The third kappa shape index (κ3) is 5.87. The van der Waals surface area contributed by atoms with Crippen molar-refractivity contribution in [2.45, 2.75) is 5.41 Å². The Hall–Kier alpha value is -8.20. The van der Waals surface area contributed by atoms with Gasteiger partial charge in [0.1, 0.15) is 0 Å². The normalized spacial score (nSPS) is 15.2. The van der Waals surface area contributed by atoms with E-state index in [2.05, 4.69) is 187 Å². The lowest BCUT2D eigenvalue weighted by molar-refractivity contribution is 0.793. The number of fused-ring (bicyclic) bond motifs is 10. The summed E-state index contributed by atoms with van der Waals surface area (Å²) in [4.78, 5) is 4.21. The van der Waals surface area contributed by atoms with E-state index < -0.39 is 11.5 Å². The van der Waals surface area contributed by atoms with Gasteiger partial charge in [0.05, 0.1) is 18.0 Å². The van der Waals surface area contributed by atoms with Crippen LogP contribution in [-0.4, -0.2) is 0 Å². The van der Waals surface area contributed by atoms with Crippen molar-refractivity contribution >= 4 is 34.1 Å². The van der Waals surface area contributed by atoms with Gasteiger partial charge in [-0.05, 0) is 128 Å². The van der Waals surface area contributed by atoms with Crippen LogP contribution >= 0.6 is 0 Å². The standard InChI is InChI=1S/C61H42N2/c1-5-20-43(21-6-1)45-24-19-29-48(40-45)63(60-35-18-15-30-51(60)44-22-7-2-8-23-44)50-37-39-55-53-32-14-17-34-57(53)61(59(55)42-50)56-33-16-13-31-52(56)54-38-36-49(41-58(54)61)62(46-25-9-3-10-26-46)47-27-11-4-12-28-47/h1-42H/i3D,9D,10D,25D,26D. The molecule has 12 rings (SSSR count). The zero-order valence-electron chi connectivity index (χ0n) is 39.3. The molecule has 63 heavy (non-hydrogen) atoms. The maximum Gasteiger partial charge on any atom is 0.0727 e. The first-order valence-electron chi connectivity index (χ1n) is 23.9. The molecule has 0 aliphatic heterocycles. The van der Waals surface area contributed by atoms with Gasteiger partial charge in [0.25, 0.3) is 0 Å². The van der Waals surface area contributed by atoms with Crippen molar-refractivity contribution in [3.63, 3.8) is 0 Å². The minimum absolute atomic E-state index is 0.0895. The van der Waals surface area contributed by atoms with Crippen molar-refractivity contribution in [3.8, 4) is 44.5 Å². The highest BCUT2D eigenvalue weighted by molar-refractivity contribution is 5.98. The Labute approximate surface area is 376 Å². The van der Waals surface area contributed by atoms with Gasteiger partial charge in [0, 0.05) is 34.0 Å². The number of benzene rings is 10. The second-order valence-corrected chi connectivity index (χ2v) is 16.1. The van der Waals surface area contributed by atoms with E-state index in [-0.39, 0.29) is 29.9 Å². The molecule has 10 aromatic rings. The monoisotopic (exact) mass is 807 g/mol. The number of hydrogen-bond donors (Lipinski definition) is 0. The molecule has 0 heterocycles. The lowest BCUT2D eigenvalue weighted by atomic mass is 9.70. The molecule has 1 spiro atoms. The Morgan fingerprint density at radius 1 is 0.286 bits per heavy atom. The number of para-hydroxylation sites is 3. The van der Waals surface area contributed by atoms with Gasteiger partial charge >= 0.3 is 0 Å². The third-order valence-electron chi connectivity index (χ3n) is 12.7. The predicted molar refractivity (Wildman–Crippen MR) is 263 cm³/mol. The van der Waals surface area contributed by atoms with Gasteiger partial charge in [-0.2, -0.15) is 0 Å². The molecule has 0 radical (unpaired) electrons. The van der Waals surface area contributed by atoms with Crippen LogP contribution in [0.4, 0.5) is 34.1 Å². The fraction of sp³-hybridized carbons (Fsp3) is 0.0164. The first-order valence-corrected chi connectivity index (χ1v) is 21.4. The molecule has 296 valence electrons. The van der Waals surface area contributed by atoms with Crippen molar-refractivity contribution in [1.82, 2.24) is 0 Å². The van der Waals surface area contributed by atoms with E-state index in [1.807, 2.05) is 47.4 Å². The highest BCUT2D eigenvalue weighted by atomic mass is 15.1. The summed E-state index contributed by atoms with van der Waals surface area (Å²) in [6.07, 6.45) is 0. The summed E-state index contributed by atoms with van der Waals surface area (Å²) >= 11 is 0. The molecule has 0 amide bonds. The van der Waals surface area contributed by atoms with E-state index in [0.717, 1.165) is 83.8 Å². The molecule has 0 fully saturated rings. The molecule has 10 aromatic carbocycles. The minimum Gasteiger partial charge on any atom is -0.310 e. The summed E-state index contributed by atoms with van der Waals surface area (Å²) in [7, 11) is 0. The molecular weight excluding hydrogens is 761 g/mol. The Morgan fingerprint density at radius 2 is 0.746 bits per heavy atom. The van der Waals surface area contributed by atoms with E-state index >= 15 is 0 Å². The van der Waals surface area contributed by atoms with Crippen molar-refractivity contribution in [1.29, 1.82) is 0 Å². The fourth-order valence-electron chi connectivity index (χ4n) is 10.1. The minimum atomic E-state index is -0.789. The average Bonchev–Trinajstić information content (AvgIpc) is 3.86. The Balaban J connectivity index is 1.13.